The van der Waals surface area contributed by atoms with E-state index in [9.17, 15) is 5.11 Å². The van der Waals surface area contributed by atoms with Gasteiger partial charge in [0.2, 0.25) is 0 Å². The summed E-state index contributed by atoms with van der Waals surface area (Å²) in [5, 5.41) is 10.4. The van der Waals surface area contributed by atoms with Gasteiger partial charge in [0, 0.05) is 38.7 Å². The molecule has 16 heavy (non-hydrogen) atoms. The smallest absolute Gasteiger partial charge is 0.0647 e. The van der Waals surface area contributed by atoms with Gasteiger partial charge in [0.25, 0.3) is 0 Å². The summed E-state index contributed by atoms with van der Waals surface area (Å²) in [6, 6.07) is 0. The number of nitrogens with two attached hydrogens (primary N) is 1. The van der Waals surface area contributed by atoms with Crippen molar-refractivity contribution in [1.29, 1.82) is 0 Å². The minimum Gasteiger partial charge on any atom is -0.392 e. The van der Waals surface area contributed by atoms with Gasteiger partial charge in [0.05, 0.1) is 11.7 Å². The minimum absolute atomic E-state index is 0.186. The topological polar surface area (TPSA) is 64.7 Å². The van der Waals surface area contributed by atoms with E-state index in [-0.39, 0.29) is 11.0 Å². The zero-order chi connectivity index (χ0) is 12.2. The van der Waals surface area contributed by atoms with E-state index in [1.165, 1.54) is 0 Å². The molecule has 0 spiro atoms. The Morgan fingerprint density at radius 3 is 2.44 bits per heavy atom. The summed E-state index contributed by atoms with van der Waals surface area (Å²) < 4.78 is 10.7. The van der Waals surface area contributed by atoms with Gasteiger partial charge in [0.1, 0.15) is 0 Å². The molecule has 1 fully saturated rings. The van der Waals surface area contributed by atoms with Gasteiger partial charge in [-0.05, 0) is 26.7 Å². The summed E-state index contributed by atoms with van der Waals surface area (Å²) in [5.74, 6) is 0. The van der Waals surface area contributed by atoms with Crippen molar-refractivity contribution in [2.45, 2.75) is 44.8 Å². The highest BCUT2D eigenvalue weighted by atomic mass is 16.5. The number of hydrogen-bond donors (Lipinski definition) is 2. The minimum atomic E-state index is -0.420. The molecule has 0 aromatic heterocycles. The van der Waals surface area contributed by atoms with Crippen LogP contribution in [0.15, 0.2) is 0 Å². The lowest BCUT2D eigenvalue weighted by atomic mass is 9.72. The molecule has 0 amide bonds. The maximum absolute atomic E-state index is 10.4. The maximum Gasteiger partial charge on any atom is 0.0647 e. The SMILES string of the molecule is COC(C)(C)CC(O)C1(CN)CCOCC1. The van der Waals surface area contributed by atoms with Gasteiger partial charge in [-0.1, -0.05) is 0 Å². The second kappa shape index (κ2) is 5.45. The number of methoxy groups -OCH3 is 1. The molecule has 3 N–H and O–H groups in total. The van der Waals surface area contributed by atoms with Crippen molar-refractivity contribution in [1.82, 2.24) is 0 Å². The molecule has 96 valence electrons. The molecule has 1 aliphatic heterocycles. The lowest BCUT2D eigenvalue weighted by Crippen LogP contribution is -2.48. The molecule has 4 heteroatoms. The fraction of sp³-hybridized carbons (Fsp3) is 1.00. The van der Waals surface area contributed by atoms with E-state index >= 15 is 0 Å². The van der Waals surface area contributed by atoms with E-state index in [2.05, 4.69) is 0 Å². The number of ether oxygens (including phenoxy) is 2. The van der Waals surface area contributed by atoms with Gasteiger partial charge < -0.3 is 20.3 Å². The van der Waals surface area contributed by atoms with Gasteiger partial charge >= 0.3 is 0 Å². The highest BCUT2D eigenvalue weighted by molar-refractivity contribution is 4.92. The number of hydrogen-bond acceptors (Lipinski definition) is 4. The summed E-state index contributed by atoms with van der Waals surface area (Å²) in [7, 11) is 1.67. The molecule has 1 unspecified atom stereocenters. The molecule has 1 atom stereocenters. The third kappa shape index (κ3) is 3.17. The molecule has 0 aromatic rings. The Morgan fingerprint density at radius 2 is 2.00 bits per heavy atom. The molecule has 0 saturated carbocycles. The highest BCUT2D eigenvalue weighted by Crippen LogP contribution is 2.36. The molecule has 0 aromatic carbocycles. The van der Waals surface area contributed by atoms with Crippen molar-refractivity contribution in [3.63, 3.8) is 0 Å². The molecule has 1 rings (SSSR count). The Bertz CT molecular complexity index is 212. The second-order valence-electron chi connectivity index (χ2n) is 5.36. The van der Waals surface area contributed by atoms with Crippen LogP contribution in [0.5, 0.6) is 0 Å². The van der Waals surface area contributed by atoms with Crippen molar-refractivity contribution in [3.8, 4) is 0 Å². The first-order chi connectivity index (χ1) is 7.46. The van der Waals surface area contributed by atoms with E-state index in [0.29, 0.717) is 26.2 Å². The first-order valence-electron chi connectivity index (χ1n) is 5.97. The van der Waals surface area contributed by atoms with Crippen LogP contribution in [0.3, 0.4) is 0 Å². The highest BCUT2D eigenvalue weighted by Gasteiger charge is 2.40. The van der Waals surface area contributed by atoms with Crippen molar-refractivity contribution in [2.75, 3.05) is 26.9 Å². The first-order valence-corrected chi connectivity index (χ1v) is 5.97. The normalized spacial score (nSPS) is 23.1. The van der Waals surface area contributed by atoms with E-state index in [0.717, 1.165) is 12.8 Å². The Hall–Kier alpha value is -0.160. The zero-order valence-corrected chi connectivity index (χ0v) is 10.7. The molecule has 0 radical (unpaired) electrons. The molecule has 0 aliphatic carbocycles. The summed E-state index contributed by atoms with van der Waals surface area (Å²) >= 11 is 0. The standard InChI is InChI=1S/C12H25NO3/c1-11(2,15-3)8-10(14)12(9-13)4-6-16-7-5-12/h10,14H,4-9,13H2,1-3H3. The second-order valence-corrected chi connectivity index (χ2v) is 5.36. The van der Waals surface area contributed by atoms with Gasteiger partial charge in [-0.15, -0.1) is 0 Å². The van der Waals surface area contributed by atoms with Crippen LogP contribution in [-0.2, 0) is 9.47 Å². The molecule has 1 aliphatic rings. The first kappa shape index (κ1) is 13.9. The predicted octanol–water partition coefficient (Wildman–Crippen LogP) is 0.918. The van der Waals surface area contributed by atoms with Crippen molar-refractivity contribution < 1.29 is 14.6 Å². The van der Waals surface area contributed by atoms with E-state index in [1.54, 1.807) is 7.11 Å². The lowest BCUT2D eigenvalue weighted by molar-refractivity contribution is -0.0948. The lowest BCUT2D eigenvalue weighted by Gasteiger charge is -2.42. The predicted molar refractivity (Wildman–Crippen MR) is 63.3 cm³/mol. The van der Waals surface area contributed by atoms with Crippen LogP contribution in [0, 0.1) is 5.41 Å². The van der Waals surface area contributed by atoms with E-state index < -0.39 is 6.10 Å². The molecular formula is C12H25NO3. The molecule has 1 saturated heterocycles. The van der Waals surface area contributed by atoms with Crippen LogP contribution in [0.1, 0.15) is 33.1 Å². The van der Waals surface area contributed by atoms with Crippen molar-refractivity contribution >= 4 is 0 Å². The third-order valence-electron chi connectivity index (χ3n) is 3.84. The maximum atomic E-state index is 10.4. The Balaban J connectivity index is 2.64. The fourth-order valence-electron chi connectivity index (χ4n) is 2.22. The Morgan fingerprint density at radius 1 is 1.44 bits per heavy atom. The van der Waals surface area contributed by atoms with Crippen molar-refractivity contribution in [2.24, 2.45) is 11.1 Å². The molecule has 4 nitrogen and oxygen atoms in total. The van der Waals surface area contributed by atoms with Gasteiger partial charge in [0.15, 0.2) is 0 Å². The fourth-order valence-corrected chi connectivity index (χ4v) is 2.22. The average molecular weight is 231 g/mol. The van der Waals surface area contributed by atoms with Gasteiger partial charge in [-0.2, -0.15) is 0 Å². The Labute approximate surface area is 98.1 Å². The van der Waals surface area contributed by atoms with Crippen molar-refractivity contribution in [3.05, 3.63) is 0 Å². The summed E-state index contributed by atoms with van der Waals surface area (Å²) in [6.45, 7) is 5.88. The van der Waals surface area contributed by atoms with Crippen LogP contribution in [0.2, 0.25) is 0 Å². The Kier molecular flexibility index (Phi) is 4.73. The van der Waals surface area contributed by atoms with E-state index in [1.807, 2.05) is 13.8 Å². The van der Waals surface area contributed by atoms with Crippen LogP contribution < -0.4 is 5.73 Å². The molecular weight excluding hydrogens is 206 g/mol. The van der Waals surface area contributed by atoms with Crippen LogP contribution in [0.25, 0.3) is 0 Å². The van der Waals surface area contributed by atoms with Crippen LogP contribution in [-0.4, -0.2) is 43.7 Å². The van der Waals surface area contributed by atoms with Crippen LogP contribution in [0.4, 0.5) is 0 Å². The average Bonchev–Trinajstić information content (AvgIpc) is 2.29. The largest absolute Gasteiger partial charge is 0.392 e. The monoisotopic (exact) mass is 231 g/mol. The molecule has 1 heterocycles. The summed E-state index contributed by atoms with van der Waals surface area (Å²) in [4.78, 5) is 0. The quantitative estimate of drug-likeness (QED) is 0.738. The van der Waals surface area contributed by atoms with E-state index in [4.69, 9.17) is 15.2 Å². The summed E-state index contributed by atoms with van der Waals surface area (Å²) in [6.07, 6.45) is 1.87. The number of aliphatic hydroxyl groups is 1. The number of rotatable bonds is 5. The third-order valence-corrected chi connectivity index (χ3v) is 3.84. The van der Waals surface area contributed by atoms with Gasteiger partial charge in [-0.3, -0.25) is 0 Å². The number of aliphatic hydroxyl groups excluding tert-OH is 1. The molecule has 0 bridgehead atoms. The zero-order valence-electron chi connectivity index (χ0n) is 10.7. The van der Waals surface area contributed by atoms with Gasteiger partial charge in [-0.25, -0.2) is 0 Å². The van der Waals surface area contributed by atoms with Crippen LogP contribution >= 0.6 is 0 Å². The summed E-state index contributed by atoms with van der Waals surface area (Å²) in [5.41, 5.74) is 5.35.